The first-order chi connectivity index (χ1) is 5.59. The first-order valence-corrected chi connectivity index (χ1v) is 3.99. The van der Waals surface area contributed by atoms with Gasteiger partial charge in [0, 0.05) is 6.54 Å². The molecule has 0 aliphatic rings. The van der Waals surface area contributed by atoms with E-state index < -0.39 is 0 Å². The summed E-state index contributed by atoms with van der Waals surface area (Å²) in [6.07, 6.45) is 0. The van der Waals surface area contributed by atoms with Crippen LogP contribution < -0.4 is 0 Å². The molecule has 0 saturated carbocycles. The minimum absolute atomic E-state index is 0.116. The molecule has 1 nitrogen and oxygen atoms in total. The Balaban J connectivity index is 2.82. The number of nitrogens with zero attached hydrogens (tertiary/aromatic N) is 1. The first kappa shape index (κ1) is 9.20. The summed E-state index contributed by atoms with van der Waals surface area (Å²) in [6.45, 7) is 2.56. The van der Waals surface area contributed by atoms with Crippen LogP contribution in [0.3, 0.4) is 0 Å². The van der Waals surface area contributed by atoms with E-state index in [-0.39, 0.29) is 5.82 Å². The Morgan fingerprint density at radius 1 is 1.33 bits per heavy atom. The van der Waals surface area contributed by atoms with Gasteiger partial charge in [-0.1, -0.05) is 12.1 Å². The van der Waals surface area contributed by atoms with Gasteiger partial charge in [-0.05, 0) is 38.2 Å². The summed E-state index contributed by atoms with van der Waals surface area (Å²) in [5, 5.41) is 0. The van der Waals surface area contributed by atoms with E-state index >= 15 is 0 Å². The van der Waals surface area contributed by atoms with Gasteiger partial charge in [-0.3, -0.25) is 0 Å². The highest BCUT2D eigenvalue weighted by atomic mass is 19.1. The largest absolute Gasteiger partial charge is 0.305 e. The zero-order chi connectivity index (χ0) is 9.14. The molecule has 1 aromatic rings. The average Bonchev–Trinajstić information content (AvgIpc) is 1.96. The fourth-order valence-electron chi connectivity index (χ4n) is 1.10. The van der Waals surface area contributed by atoms with Crippen molar-refractivity contribution >= 4 is 0 Å². The maximum absolute atomic E-state index is 13.0. The van der Waals surface area contributed by atoms with Gasteiger partial charge >= 0.3 is 0 Å². The van der Waals surface area contributed by atoms with Crippen molar-refractivity contribution in [3.05, 3.63) is 35.1 Å². The van der Waals surface area contributed by atoms with Crippen LogP contribution in [0, 0.1) is 12.7 Å². The molecular formula is C10H14FN. The summed E-state index contributed by atoms with van der Waals surface area (Å²) in [4.78, 5) is 2.02. The molecule has 0 unspecified atom stereocenters. The molecule has 2 heteroatoms. The Bertz CT molecular complexity index is 269. The van der Waals surface area contributed by atoms with Crippen LogP contribution >= 0.6 is 0 Å². The van der Waals surface area contributed by atoms with Crippen molar-refractivity contribution in [2.75, 3.05) is 14.1 Å². The van der Waals surface area contributed by atoms with Gasteiger partial charge in [-0.25, -0.2) is 4.39 Å². The molecule has 1 rings (SSSR count). The van der Waals surface area contributed by atoms with Gasteiger partial charge in [-0.15, -0.1) is 0 Å². The Morgan fingerprint density at radius 3 is 2.50 bits per heavy atom. The Labute approximate surface area is 72.8 Å². The highest BCUT2D eigenvalue weighted by Crippen LogP contribution is 2.09. The third-order valence-corrected chi connectivity index (χ3v) is 1.74. The van der Waals surface area contributed by atoms with Gasteiger partial charge in [0.1, 0.15) is 5.82 Å². The summed E-state index contributed by atoms with van der Waals surface area (Å²) in [6, 6.07) is 5.36. The number of hydrogen-bond acceptors (Lipinski definition) is 1. The van der Waals surface area contributed by atoms with E-state index in [2.05, 4.69) is 0 Å². The molecular weight excluding hydrogens is 153 g/mol. The third-order valence-electron chi connectivity index (χ3n) is 1.74. The Hall–Kier alpha value is -0.890. The minimum Gasteiger partial charge on any atom is -0.305 e. The normalized spacial score (nSPS) is 10.8. The van der Waals surface area contributed by atoms with Crippen LogP contribution in [0.25, 0.3) is 0 Å². The smallest absolute Gasteiger partial charge is 0.126 e. The van der Waals surface area contributed by atoms with Gasteiger partial charge in [0.25, 0.3) is 0 Å². The van der Waals surface area contributed by atoms with Crippen LogP contribution in [0.1, 0.15) is 11.1 Å². The van der Waals surface area contributed by atoms with E-state index in [1.807, 2.05) is 31.1 Å². The number of rotatable bonds is 2. The van der Waals surface area contributed by atoms with Crippen LogP contribution in [0.4, 0.5) is 4.39 Å². The number of benzene rings is 1. The average molecular weight is 167 g/mol. The second-order valence-corrected chi connectivity index (χ2v) is 3.32. The van der Waals surface area contributed by atoms with Crippen molar-refractivity contribution in [2.45, 2.75) is 13.5 Å². The second kappa shape index (κ2) is 3.68. The molecule has 0 heterocycles. The topological polar surface area (TPSA) is 3.24 Å². The van der Waals surface area contributed by atoms with E-state index in [9.17, 15) is 4.39 Å². The maximum atomic E-state index is 13.0. The van der Waals surface area contributed by atoms with Crippen molar-refractivity contribution in [3.8, 4) is 0 Å². The second-order valence-electron chi connectivity index (χ2n) is 3.32. The quantitative estimate of drug-likeness (QED) is 0.652. The maximum Gasteiger partial charge on any atom is 0.126 e. The van der Waals surface area contributed by atoms with Crippen LogP contribution in [0.5, 0.6) is 0 Å². The molecule has 0 radical (unpaired) electrons. The molecule has 66 valence electrons. The Kier molecular flexibility index (Phi) is 2.82. The molecule has 0 spiro atoms. The summed E-state index contributed by atoms with van der Waals surface area (Å²) in [7, 11) is 3.94. The van der Waals surface area contributed by atoms with Crippen molar-refractivity contribution in [3.63, 3.8) is 0 Å². The van der Waals surface area contributed by atoms with Gasteiger partial charge in [0.2, 0.25) is 0 Å². The summed E-state index contributed by atoms with van der Waals surface area (Å²) in [5.74, 6) is -0.116. The van der Waals surface area contributed by atoms with E-state index in [1.165, 1.54) is 0 Å². The van der Waals surface area contributed by atoms with E-state index in [0.717, 1.165) is 12.1 Å². The lowest BCUT2D eigenvalue weighted by atomic mass is 10.1. The predicted molar refractivity (Wildman–Crippen MR) is 48.5 cm³/mol. The zero-order valence-electron chi connectivity index (χ0n) is 7.76. The number of halogens is 1. The lowest BCUT2D eigenvalue weighted by molar-refractivity contribution is 0.401. The lowest BCUT2D eigenvalue weighted by Gasteiger charge is -2.09. The third kappa shape index (κ3) is 2.31. The van der Waals surface area contributed by atoms with E-state index in [0.29, 0.717) is 5.56 Å². The van der Waals surface area contributed by atoms with E-state index in [4.69, 9.17) is 0 Å². The standard InChI is InChI=1S/C10H14FN/c1-8-4-5-9(6-10(8)11)7-12(2)3/h4-6H,7H2,1-3H3. The molecule has 0 aliphatic carbocycles. The lowest BCUT2D eigenvalue weighted by Crippen LogP contribution is -2.10. The highest BCUT2D eigenvalue weighted by molar-refractivity contribution is 5.23. The molecule has 0 amide bonds. The molecule has 0 fully saturated rings. The van der Waals surface area contributed by atoms with Gasteiger partial charge in [0.15, 0.2) is 0 Å². The van der Waals surface area contributed by atoms with Crippen molar-refractivity contribution in [1.82, 2.24) is 4.90 Å². The molecule has 0 atom stereocenters. The number of hydrogen-bond donors (Lipinski definition) is 0. The van der Waals surface area contributed by atoms with Crippen molar-refractivity contribution in [2.24, 2.45) is 0 Å². The monoisotopic (exact) mass is 167 g/mol. The summed E-state index contributed by atoms with van der Waals surface area (Å²) < 4.78 is 13.0. The van der Waals surface area contributed by atoms with Crippen LogP contribution in [-0.4, -0.2) is 19.0 Å². The summed E-state index contributed by atoms with van der Waals surface area (Å²) in [5.41, 5.74) is 1.72. The van der Waals surface area contributed by atoms with E-state index in [1.54, 1.807) is 13.0 Å². The molecule has 0 N–H and O–H groups in total. The molecule has 0 bridgehead atoms. The zero-order valence-corrected chi connectivity index (χ0v) is 7.76. The SMILES string of the molecule is Cc1ccc(CN(C)C)cc1F. The highest BCUT2D eigenvalue weighted by Gasteiger charge is 1.99. The predicted octanol–water partition coefficient (Wildman–Crippen LogP) is 2.20. The molecule has 0 aromatic heterocycles. The first-order valence-electron chi connectivity index (χ1n) is 3.99. The number of aryl methyl sites for hydroxylation is 1. The Morgan fingerprint density at radius 2 is 2.00 bits per heavy atom. The minimum atomic E-state index is -0.116. The molecule has 0 aliphatic heterocycles. The molecule has 0 saturated heterocycles. The van der Waals surface area contributed by atoms with Crippen LogP contribution in [-0.2, 0) is 6.54 Å². The van der Waals surface area contributed by atoms with Crippen LogP contribution in [0.15, 0.2) is 18.2 Å². The molecule has 12 heavy (non-hydrogen) atoms. The fraction of sp³-hybridized carbons (Fsp3) is 0.400. The summed E-state index contributed by atoms with van der Waals surface area (Å²) >= 11 is 0. The van der Waals surface area contributed by atoms with Gasteiger partial charge in [-0.2, -0.15) is 0 Å². The van der Waals surface area contributed by atoms with Gasteiger partial charge < -0.3 is 4.90 Å². The molecule has 1 aromatic carbocycles. The van der Waals surface area contributed by atoms with Crippen molar-refractivity contribution < 1.29 is 4.39 Å². The van der Waals surface area contributed by atoms with Gasteiger partial charge in [0.05, 0.1) is 0 Å². The fourth-order valence-corrected chi connectivity index (χ4v) is 1.10. The van der Waals surface area contributed by atoms with Crippen LogP contribution in [0.2, 0.25) is 0 Å². The van der Waals surface area contributed by atoms with Crippen molar-refractivity contribution in [1.29, 1.82) is 0 Å².